The number of fused-ring (bicyclic) bond motifs is 2. The molecule has 4 aromatic rings. The number of ether oxygens (including phenoxy) is 2. The first-order valence-corrected chi connectivity index (χ1v) is 12.6. The van der Waals surface area contributed by atoms with Crippen LogP contribution in [0.4, 0.5) is 4.39 Å². The summed E-state index contributed by atoms with van der Waals surface area (Å²) in [7, 11) is 0. The predicted molar refractivity (Wildman–Crippen MR) is 141 cm³/mol. The van der Waals surface area contributed by atoms with Crippen LogP contribution < -0.4 is 5.32 Å². The molecule has 0 spiro atoms. The maximum absolute atomic E-state index is 13.2. The number of phenolic OH excluding ortho intramolecular Hbond substituents is 2. The minimum absolute atomic E-state index is 0.0316. The lowest BCUT2D eigenvalue weighted by atomic mass is 9.98. The smallest absolute Gasteiger partial charge is 0.225 e. The number of aromatic nitrogens is 2. The van der Waals surface area contributed by atoms with E-state index in [1.54, 1.807) is 48.8 Å². The van der Waals surface area contributed by atoms with Crippen LogP contribution in [0.15, 0.2) is 48.8 Å². The van der Waals surface area contributed by atoms with E-state index in [-0.39, 0.29) is 55.7 Å². The molecule has 0 fully saturated rings. The highest BCUT2D eigenvalue weighted by atomic mass is 18.2. The van der Waals surface area contributed by atoms with Crippen molar-refractivity contribution in [1.29, 1.82) is 0 Å². The molecule has 0 saturated carbocycles. The SMILES string of the molecule is O=C(Cc1c[nH]c2ccc(O)cc12)NC(Cc1c[nH]c2ccc(O)cc12)C(=O)CCCOCCOCC[18F]. The lowest BCUT2D eigenvalue weighted by Crippen LogP contribution is -2.43. The third-order valence-electron chi connectivity index (χ3n) is 6.31. The number of rotatable bonds is 15. The third-order valence-corrected chi connectivity index (χ3v) is 6.31. The number of hydrogen-bond donors (Lipinski definition) is 5. The van der Waals surface area contributed by atoms with Crippen LogP contribution in [-0.2, 0) is 31.9 Å². The van der Waals surface area contributed by atoms with Gasteiger partial charge < -0.3 is 35.0 Å². The van der Waals surface area contributed by atoms with Gasteiger partial charge in [0.2, 0.25) is 5.91 Å². The maximum atomic E-state index is 13.2. The lowest BCUT2D eigenvalue weighted by molar-refractivity contribution is -0.127. The molecule has 0 aliphatic carbocycles. The number of nitrogens with one attached hydrogen (secondary N) is 3. The maximum Gasteiger partial charge on any atom is 0.225 e. The third kappa shape index (κ3) is 7.11. The number of alkyl halides is 1. The summed E-state index contributed by atoms with van der Waals surface area (Å²) in [6.07, 6.45) is 4.44. The van der Waals surface area contributed by atoms with E-state index in [0.717, 1.165) is 27.4 Å². The Morgan fingerprint density at radius 3 is 2.13 bits per heavy atom. The molecule has 202 valence electrons. The molecule has 0 aliphatic heterocycles. The highest BCUT2D eigenvalue weighted by Gasteiger charge is 2.23. The molecule has 0 saturated heterocycles. The van der Waals surface area contributed by atoms with Gasteiger partial charge in [-0.25, -0.2) is 4.39 Å². The molecule has 9 nitrogen and oxygen atoms in total. The molecule has 2 aromatic heterocycles. The first-order valence-electron chi connectivity index (χ1n) is 12.6. The molecule has 38 heavy (non-hydrogen) atoms. The van der Waals surface area contributed by atoms with Crippen molar-refractivity contribution in [3.63, 3.8) is 0 Å². The number of aromatic amines is 2. The largest absolute Gasteiger partial charge is 0.508 e. The Hall–Kier alpha value is -3.89. The summed E-state index contributed by atoms with van der Waals surface area (Å²) in [5.74, 6) is -0.246. The monoisotopic (exact) mass is 524 g/mol. The van der Waals surface area contributed by atoms with Crippen LogP contribution in [0.5, 0.6) is 11.5 Å². The van der Waals surface area contributed by atoms with Crippen LogP contribution in [0, 0.1) is 0 Å². The van der Waals surface area contributed by atoms with E-state index in [1.165, 1.54) is 0 Å². The zero-order valence-electron chi connectivity index (χ0n) is 21.0. The second-order valence-electron chi connectivity index (χ2n) is 9.07. The van der Waals surface area contributed by atoms with Gasteiger partial charge in [-0.05, 0) is 53.9 Å². The van der Waals surface area contributed by atoms with E-state index in [9.17, 15) is 24.2 Å². The first-order chi connectivity index (χ1) is 18.4. The number of H-pyrrole nitrogens is 2. The zero-order valence-corrected chi connectivity index (χ0v) is 21.0. The van der Waals surface area contributed by atoms with Crippen molar-refractivity contribution in [2.45, 2.75) is 31.7 Å². The summed E-state index contributed by atoms with van der Waals surface area (Å²) in [5.41, 5.74) is 3.12. The van der Waals surface area contributed by atoms with E-state index >= 15 is 0 Å². The Kier molecular flexibility index (Phi) is 9.34. The van der Waals surface area contributed by atoms with Gasteiger partial charge in [-0.2, -0.15) is 0 Å². The molecule has 2 heterocycles. The van der Waals surface area contributed by atoms with Gasteiger partial charge in [0.1, 0.15) is 18.2 Å². The Morgan fingerprint density at radius 2 is 1.47 bits per heavy atom. The van der Waals surface area contributed by atoms with Gasteiger partial charge in [0.25, 0.3) is 0 Å². The summed E-state index contributed by atoms with van der Waals surface area (Å²) >= 11 is 0. The Balaban J connectivity index is 1.41. The summed E-state index contributed by atoms with van der Waals surface area (Å²) in [5, 5.41) is 24.2. The number of halogens is 1. The van der Waals surface area contributed by atoms with Crippen molar-refractivity contribution < 1.29 is 33.7 Å². The van der Waals surface area contributed by atoms with Gasteiger partial charge in [0, 0.05) is 53.6 Å². The molecule has 1 unspecified atom stereocenters. The summed E-state index contributed by atoms with van der Waals surface area (Å²) < 4.78 is 22.5. The number of carbonyl (C=O) groups is 2. The molecule has 5 N–H and O–H groups in total. The standard InChI is InChI=1S/C28H32FN3O6/c29-7-9-38-11-10-37-8-1-2-27(35)26(12-18-16-30-24-5-3-20(33)14-22(18)24)32-28(36)13-19-17-31-25-6-4-21(34)15-23(19)25/h3-6,14-17,26,30-31,33-34H,1-2,7-13H2,(H,32,36)/i29-1. The molecule has 0 aliphatic rings. The first kappa shape index (κ1) is 27.2. The van der Waals surface area contributed by atoms with Crippen molar-refractivity contribution in [2.24, 2.45) is 0 Å². The van der Waals surface area contributed by atoms with Gasteiger partial charge in [0.05, 0.1) is 32.3 Å². The van der Waals surface area contributed by atoms with Crippen molar-refractivity contribution >= 4 is 33.5 Å². The van der Waals surface area contributed by atoms with Crippen LogP contribution in [0.3, 0.4) is 0 Å². The lowest BCUT2D eigenvalue weighted by Gasteiger charge is -2.18. The number of Topliss-reactive ketones (excluding diaryl/α,β-unsaturated/α-hetero) is 1. The van der Waals surface area contributed by atoms with E-state index in [2.05, 4.69) is 15.3 Å². The minimum atomic E-state index is -0.782. The van der Waals surface area contributed by atoms with Crippen molar-refractivity contribution in [3.05, 3.63) is 59.9 Å². The number of amides is 1. The van der Waals surface area contributed by atoms with Gasteiger partial charge >= 0.3 is 0 Å². The molecule has 10 heteroatoms. The van der Waals surface area contributed by atoms with E-state index in [4.69, 9.17) is 9.47 Å². The molecule has 0 bridgehead atoms. The molecule has 2 aromatic carbocycles. The van der Waals surface area contributed by atoms with Crippen LogP contribution in [0.25, 0.3) is 21.8 Å². The predicted octanol–water partition coefficient (Wildman–Crippen LogP) is 3.68. The Labute approximate surface area is 219 Å². The highest BCUT2D eigenvalue weighted by molar-refractivity contribution is 5.93. The zero-order chi connectivity index (χ0) is 26.9. The summed E-state index contributed by atoms with van der Waals surface area (Å²) in [4.78, 5) is 32.5. The number of ketones is 1. The highest BCUT2D eigenvalue weighted by Crippen LogP contribution is 2.25. The molecule has 1 amide bonds. The van der Waals surface area contributed by atoms with Crippen LogP contribution in [-0.4, -0.2) is 71.0 Å². The fraction of sp³-hybridized carbons (Fsp3) is 0.357. The molecular formula is C28H32FN3O6. The second-order valence-corrected chi connectivity index (χ2v) is 9.07. The van der Waals surface area contributed by atoms with Gasteiger partial charge in [-0.15, -0.1) is 0 Å². The van der Waals surface area contributed by atoms with Gasteiger partial charge in [0.15, 0.2) is 5.78 Å². The summed E-state index contributed by atoms with van der Waals surface area (Å²) in [6.45, 7) is 0.434. The van der Waals surface area contributed by atoms with Crippen LogP contribution >= 0.6 is 0 Å². The molecule has 0 radical (unpaired) electrons. The van der Waals surface area contributed by atoms with Crippen molar-refractivity contribution in [3.8, 4) is 11.5 Å². The number of benzene rings is 2. The van der Waals surface area contributed by atoms with Crippen molar-refractivity contribution in [2.75, 3.05) is 33.1 Å². The van der Waals surface area contributed by atoms with Crippen molar-refractivity contribution in [1.82, 2.24) is 15.3 Å². The number of aromatic hydroxyl groups is 2. The fourth-order valence-electron chi connectivity index (χ4n) is 4.43. The normalized spacial score (nSPS) is 12.2. The van der Waals surface area contributed by atoms with E-state index < -0.39 is 12.7 Å². The fourth-order valence-corrected chi connectivity index (χ4v) is 4.43. The minimum Gasteiger partial charge on any atom is -0.508 e. The summed E-state index contributed by atoms with van der Waals surface area (Å²) in [6, 6.07) is 9.08. The molecule has 1 atom stereocenters. The average molecular weight is 525 g/mol. The molecule has 4 rings (SSSR count). The van der Waals surface area contributed by atoms with Crippen LogP contribution in [0.2, 0.25) is 0 Å². The Bertz CT molecular complexity index is 1380. The molecular weight excluding hydrogens is 492 g/mol. The topological polar surface area (TPSA) is 137 Å². The number of phenols is 2. The number of carbonyl (C=O) groups excluding carboxylic acids is 2. The van der Waals surface area contributed by atoms with Gasteiger partial charge in [-0.3, -0.25) is 9.59 Å². The quantitative estimate of drug-likeness (QED) is 0.151. The second kappa shape index (κ2) is 13.1. The van der Waals surface area contributed by atoms with Crippen LogP contribution in [0.1, 0.15) is 24.0 Å². The number of hydrogen-bond acceptors (Lipinski definition) is 6. The average Bonchev–Trinajstić information content (AvgIpc) is 3.48. The van der Waals surface area contributed by atoms with E-state index in [1.807, 2.05) is 0 Å². The van der Waals surface area contributed by atoms with E-state index in [0.29, 0.717) is 25.2 Å². The Morgan fingerprint density at radius 1 is 0.868 bits per heavy atom. The van der Waals surface area contributed by atoms with Gasteiger partial charge in [-0.1, -0.05) is 0 Å².